The Morgan fingerprint density at radius 2 is 2.04 bits per heavy atom. The summed E-state index contributed by atoms with van der Waals surface area (Å²) in [7, 11) is 0. The summed E-state index contributed by atoms with van der Waals surface area (Å²) in [4.78, 5) is 12.1. The average Bonchev–Trinajstić information content (AvgIpc) is 3.05. The molecule has 0 spiro atoms. The van der Waals surface area contributed by atoms with Crippen molar-refractivity contribution >= 4 is 17.0 Å². The van der Waals surface area contributed by atoms with Gasteiger partial charge in [-0.15, -0.1) is 0 Å². The zero-order valence-electron chi connectivity index (χ0n) is 12.4. The van der Waals surface area contributed by atoms with Gasteiger partial charge >= 0.3 is 0 Å². The summed E-state index contributed by atoms with van der Waals surface area (Å²) in [5, 5.41) is 29.4. The van der Waals surface area contributed by atoms with Gasteiger partial charge in [0.1, 0.15) is 24.1 Å². The lowest BCUT2D eigenvalue weighted by atomic mass is 10.0. The van der Waals surface area contributed by atoms with E-state index in [1.54, 1.807) is 0 Å². The molecule has 3 rings (SSSR count). The molecule has 0 unspecified atom stereocenters. The molecule has 2 aromatic heterocycles. The highest BCUT2D eigenvalue weighted by Crippen LogP contribution is 2.33. The lowest BCUT2D eigenvalue weighted by molar-refractivity contribution is -0.0389. The monoisotopic (exact) mass is 324 g/mol. The predicted octanol–water partition coefficient (Wildman–Crippen LogP) is -1.87. The molecule has 2 aromatic rings. The fraction of sp³-hybridized carbons (Fsp3) is 0.615. The average molecular weight is 324 g/mol. The number of hydrogen-bond acceptors (Lipinski definition) is 9. The highest BCUT2D eigenvalue weighted by molar-refractivity contribution is 5.81. The van der Waals surface area contributed by atoms with Crippen molar-refractivity contribution in [2.75, 3.05) is 12.3 Å². The lowest BCUT2D eigenvalue weighted by Crippen LogP contribution is -2.35. The van der Waals surface area contributed by atoms with E-state index < -0.39 is 24.5 Å². The van der Waals surface area contributed by atoms with Gasteiger partial charge in [-0.2, -0.15) is 0 Å². The molecule has 10 heteroatoms. The number of nitrogens with two attached hydrogens (primary N) is 2. The maximum Gasteiger partial charge on any atom is 0.167 e. The summed E-state index contributed by atoms with van der Waals surface area (Å²) in [6.07, 6.45) is -0.307. The highest BCUT2D eigenvalue weighted by atomic mass is 16.6. The third-order valence-electron chi connectivity index (χ3n) is 4.03. The van der Waals surface area contributed by atoms with Crippen molar-refractivity contribution in [1.29, 1.82) is 0 Å². The molecule has 1 fully saturated rings. The number of nitrogens with zero attached hydrogens (tertiary/aromatic N) is 4. The number of fused-ring (bicyclic) bond motifs is 1. The minimum atomic E-state index is -1.16. The highest BCUT2D eigenvalue weighted by Gasteiger charge is 2.44. The first-order chi connectivity index (χ1) is 11.0. The molecule has 5 atom stereocenters. The van der Waals surface area contributed by atoms with E-state index in [2.05, 4.69) is 15.0 Å². The van der Waals surface area contributed by atoms with Crippen molar-refractivity contribution in [3.05, 3.63) is 12.7 Å². The molecule has 0 radical (unpaired) electrons. The van der Waals surface area contributed by atoms with Gasteiger partial charge in [-0.25, -0.2) is 15.0 Å². The fourth-order valence-corrected chi connectivity index (χ4v) is 2.79. The van der Waals surface area contributed by atoms with Crippen LogP contribution >= 0.6 is 0 Å². The second-order valence-corrected chi connectivity index (χ2v) is 5.64. The molecule has 126 valence electrons. The van der Waals surface area contributed by atoms with E-state index in [1.165, 1.54) is 17.2 Å². The zero-order valence-corrected chi connectivity index (χ0v) is 12.4. The molecule has 0 bridgehead atoms. The van der Waals surface area contributed by atoms with Crippen molar-refractivity contribution in [1.82, 2.24) is 19.5 Å². The van der Waals surface area contributed by atoms with Crippen molar-refractivity contribution in [3.8, 4) is 0 Å². The number of hydrogen-bond donors (Lipinski definition) is 5. The molecule has 0 saturated carbocycles. The Kier molecular flexibility index (Phi) is 4.41. The van der Waals surface area contributed by atoms with Crippen molar-refractivity contribution < 1.29 is 20.1 Å². The molecule has 10 nitrogen and oxygen atoms in total. The number of aliphatic hydroxyl groups is 3. The topological polar surface area (TPSA) is 166 Å². The fourth-order valence-electron chi connectivity index (χ4n) is 2.79. The van der Waals surface area contributed by atoms with Crippen LogP contribution in [0, 0.1) is 0 Å². The lowest BCUT2D eigenvalue weighted by Gasteiger charge is -2.18. The molecule has 23 heavy (non-hydrogen) atoms. The van der Waals surface area contributed by atoms with E-state index in [4.69, 9.17) is 21.3 Å². The first kappa shape index (κ1) is 16.0. The molecular formula is C13H20N6O4. The van der Waals surface area contributed by atoms with Crippen LogP contribution in [-0.2, 0) is 4.74 Å². The maximum absolute atomic E-state index is 10.3. The first-order valence-electron chi connectivity index (χ1n) is 7.34. The van der Waals surface area contributed by atoms with Gasteiger partial charge < -0.3 is 31.5 Å². The summed E-state index contributed by atoms with van der Waals surface area (Å²) in [5.74, 6) is 0.225. The zero-order chi connectivity index (χ0) is 16.6. The van der Waals surface area contributed by atoms with E-state index in [0.29, 0.717) is 24.0 Å². The number of anilines is 1. The standard InChI is InChI=1S/C13H20N6O4/c14-6(1-2-20)3-7-9(21)10(22)13(23-7)19-5-18-8-11(15)16-4-17-12(8)19/h4-7,9-10,13,20-22H,1-3,14H2,(H2,15,16,17)/t6-,7+,9+,10+,13+/m0/s1. The third kappa shape index (κ3) is 2.86. The number of ether oxygens (including phenoxy) is 1. The smallest absolute Gasteiger partial charge is 0.167 e. The Labute approximate surface area is 131 Å². The van der Waals surface area contributed by atoms with Crippen molar-refractivity contribution in [2.45, 2.75) is 43.4 Å². The predicted molar refractivity (Wildman–Crippen MR) is 80.0 cm³/mol. The van der Waals surface area contributed by atoms with Gasteiger partial charge in [0.25, 0.3) is 0 Å². The Bertz CT molecular complexity index is 680. The van der Waals surface area contributed by atoms with Crippen LogP contribution in [0.25, 0.3) is 11.2 Å². The van der Waals surface area contributed by atoms with Gasteiger partial charge in [0.15, 0.2) is 17.7 Å². The molecular weight excluding hydrogens is 304 g/mol. The number of nitrogen functional groups attached to an aromatic ring is 1. The minimum Gasteiger partial charge on any atom is -0.396 e. The molecule has 0 amide bonds. The van der Waals surface area contributed by atoms with Gasteiger partial charge in [-0.3, -0.25) is 4.57 Å². The van der Waals surface area contributed by atoms with Crippen LogP contribution in [0.4, 0.5) is 5.82 Å². The Hall–Kier alpha value is -1.85. The minimum absolute atomic E-state index is 0.0433. The van der Waals surface area contributed by atoms with E-state index in [1.807, 2.05) is 0 Å². The summed E-state index contributed by atoms with van der Waals surface area (Å²) in [6.45, 7) is -0.0433. The SMILES string of the molecule is Nc1ncnc2c1ncn2[C@@H]1O[C@H](C[C@@H](N)CCO)[C@@H](O)[C@H]1O. The van der Waals surface area contributed by atoms with Crippen LogP contribution in [0.15, 0.2) is 12.7 Å². The number of aliphatic hydroxyl groups excluding tert-OH is 3. The Balaban J connectivity index is 1.84. The Morgan fingerprint density at radius 3 is 2.78 bits per heavy atom. The second-order valence-electron chi connectivity index (χ2n) is 5.64. The van der Waals surface area contributed by atoms with Crippen LogP contribution in [0.2, 0.25) is 0 Å². The third-order valence-corrected chi connectivity index (χ3v) is 4.03. The van der Waals surface area contributed by atoms with E-state index in [-0.39, 0.29) is 18.5 Å². The quantitative estimate of drug-likeness (QED) is 0.423. The van der Waals surface area contributed by atoms with E-state index in [9.17, 15) is 10.2 Å². The summed E-state index contributed by atoms with van der Waals surface area (Å²) < 4.78 is 7.27. The summed E-state index contributed by atoms with van der Waals surface area (Å²) in [5.41, 5.74) is 12.4. The van der Waals surface area contributed by atoms with Crippen LogP contribution in [0.1, 0.15) is 19.1 Å². The van der Waals surface area contributed by atoms with Gasteiger partial charge in [-0.1, -0.05) is 0 Å². The van der Waals surface area contributed by atoms with Gasteiger partial charge in [-0.05, 0) is 12.8 Å². The second kappa shape index (κ2) is 6.34. The molecule has 3 heterocycles. The molecule has 1 saturated heterocycles. The number of aromatic nitrogens is 4. The van der Waals surface area contributed by atoms with Gasteiger partial charge in [0.05, 0.1) is 12.4 Å². The van der Waals surface area contributed by atoms with Crippen molar-refractivity contribution in [3.63, 3.8) is 0 Å². The van der Waals surface area contributed by atoms with Crippen molar-refractivity contribution in [2.24, 2.45) is 5.73 Å². The molecule has 1 aliphatic heterocycles. The summed E-state index contributed by atoms with van der Waals surface area (Å²) >= 11 is 0. The first-order valence-corrected chi connectivity index (χ1v) is 7.34. The molecule has 1 aliphatic rings. The van der Waals surface area contributed by atoms with Gasteiger partial charge in [0.2, 0.25) is 0 Å². The van der Waals surface area contributed by atoms with Crippen LogP contribution in [0.3, 0.4) is 0 Å². The largest absolute Gasteiger partial charge is 0.396 e. The molecule has 0 aliphatic carbocycles. The molecule has 0 aromatic carbocycles. The summed E-state index contributed by atoms with van der Waals surface area (Å²) in [6, 6.07) is -0.330. The van der Waals surface area contributed by atoms with E-state index >= 15 is 0 Å². The number of imidazole rings is 1. The van der Waals surface area contributed by atoms with Crippen LogP contribution < -0.4 is 11.5 Å². The van der Waals surface area contributed by atoms with Crippen LogP contribution in [0.5, 0.6) is 0 Å². The Morgan fingerprint density at radius 1 is 1.26 bits per heavy atom. The normalized spacial score (nSPS) is 29.2. The number of rotatable bonds is 5. The van der Waals surface area contributed by atoms with E-state index in [0.717, 1.165) is 0 Å². The van der Waals surface area contributed by atoms with Crippen LogP contribution in [-0.4, -0.2) is 65.8 Å². The molecule has 7 N–H and O–H groups in total. The maximum atomic E-state index is 10.3. The van der Waals surface area contributed by atoms with Gasteiger partial charge in [0, 0.05) is 12.6 Å².